The topological polar surface area (TPSA) is 55.1 Å². The molecule has 3 heteroatoms. The van der Waals surface area contributed by atoms with Gasteiger partial charge in [-0.25, -0.2) is 0 Å². The van der Waals surface area contributed by atoms with E-state index >= 15 is 0 Å². The molecule has 1 amide bonds. The highest BCUT2D eigenvalue weighted by atomic mass is 16.2. The third-order valence-corrected chi connectivity index (χ3v) is 3.73. The molecule has 0 saturated heterocycles. The minimum atomic E-state index is -0.196. The Morgan fingerprint density at radius 2 is 1.95 bits per heavy atom. The van der Waals surface area contributed by atoms with Gasteiger partial charge in [0.1, 0.15) is 0 Å². The summed E-state index contributed by atoms with van der Waals surface area (Å²) >= 11 is 0. The molecule has 3 nitrogen and oxygen atoms in total. The summed E-state index contributed by atoms with van der Waals surface area (Å²) in [5, 5.41) is 3.00. The zero-order chi connectivity index (χ0) is 13.7. The molecule has 100 valence electrons. The summed E-state index contributed by atoms with van der Waals surface area (Å²) in [5.41, 5.74) is 6.87. The molecule has 1 aromatic carbocycles. The Labute approximate surface area is 114 Å². The highest BCUT2D eigenvalue weighted by Crippen LogP contribution is 2.38. The number of rotatable bonds is 2. The van der Waals surface area contributed by atoms with Crippen LogP contribution in [0.1, 0.15) is 38.2 Å². The van der Waals surface area contributed by atoms with Gasteiger partial charge in [0.2, 0.25) is 5.91 Å². The minimum absolute atomic E-state index is 0.130. The lowest BCUT2D eigenvalue weighted by atomic mass is 9.88. The van der Waals surface area contributed by atoms with Gasteiger partial charge in [0.25, 0.3) is 0 Å². The number of anilines is 1. The van der Waals surface area contributed by atoms with E-state index in [1.54, 1.807) is 0 Å². The van der Waals surface area contributed by atoms with E-state index in [1.165, 1.54) is 0 Å². The number of carbonyl (C=O) groups excluding carboxylic acids is 1. The molecule has 1 saturated carbocycles. The molecule has 0 unspecified atom stereocenters. The fraction of sp³-hybridized carbons (Fsp3) is 0.438. The second-order valence-electron chi connectivity index (χ2n) is 5.31. The standard InChI is InChI=1S/C16H20N2O/c1-16(10-2-3-11-16)15(19)18-14-8-6-13(7-9-14)5-4-12-17/h6-9H,2-3,10-12,17H2,1H3,(H,18,19). The van der Waals surface area contributed by atoms with E-state index in [0.29, 0.717) is 6.54 Å². The van der Waals surface area contributed by atoms with Crippen LogP contribution in [0.5, 0.6) is 0 Å². The van der Waals surface area contributed by atoms with Crippen LogP contribution in [0.2, 0.25) is 0 Å². The highest BCUT2D eigenvalue weighted by molar-refractivity contribution is 5.95. The van der Waals surface area contributed by atoms with Gasteiger partial charge in [-0.2, -0.15) is 0 Å². The average Bonchev–Trinajstić information content (AvgIpc) is 2.86. The Balaban J connectivity index is 2.01. The summed E-state index contributed by atoms with van der Waals surface area (Å²) in [7, 11) is 0. The predicted molar refractivity (Wildman–Crippen MR) is 77.6 cm³/mol. The van der Waals surface area contributed by atoms with Crippen LogP contribution in [0, 0.1) is 17.3 Å². The fourth-order valence-electron chi connectivity index (χ4n) is 2.45. The Hall–Kier alpha value is -1.79. The van der Waals surface area contributed by atoms with Crippen LogP contribution in [-0.4, -0.2) is 12.5 Å². The molecule has 1 aliphatic carbocycles. The number of carbonyl (C=O) groups is 1. The number of amides is 1. The maximum atomic E-state index is 12.2. The third-order valence-electron chi connectivity index (χ3n) is 3.73. The zero-order valence-corrected chi connectivity index (χ0v) is 11.3. The minimum Gasteiger partial charge on any atom is -0.326 e. The first-order valence-corrected chi connectivity index (χ1v) is 6.74. The van der Waals surface area contributed by atoms with Crippen LogP contribution in [0.4, 0.5) is 5.69 Å². The molecule has 3 N–H and O–H groups in total. The molecule has 2 rings (SSSR count). The third kappa shape index (κ3) is 3.36. The maximum Gasteiger partial charge on any atom is 0.230 e. The fourth-order valence-corrected chi connectivity index (χ4v) is 2.45. The number of nitrogens with two attached hydrogens (primary N) is 1. The summed E-state index contributed by atoms with van der Waals surface area (Å²) in [6.45, 7) is 2.41. The van der Waals surface area contributed by atoms with Gasteiger partial charge in [-0.05, 0) is 37.1 Å². The van der Waals surface area contributed by atoms with Crippen molar-refractivity contribution in [3.05, 3.63) is 29.8 Å². The molecule has 1 aliphatic rings. The number of hydrogen-bond donors (Lipinski definition) is 2. The predicted octanol–water partition coefficient (Wildman–Crippen LogP) is 2.52. The number of benzene rings is 1. The summed E-state index contributed by atoms with van der Waals surface area (Å²) < 4.78 is 0. The lowest BCUT2D eigenvalue weighted by Gasteiger charge is -2.22. The first-order chi connectivity index (χ1) is 9.14. The summed E-state index contributed by atoms with van der Waals surface area (Å²) in [6, 6.07) is 7.57. The molecule has 19 heavy (non-hydrogen) atoms. The summed E-state index contributed by atoms with van der Waals surface area (Å²) in [4.78, 5) is 12.2. The molecule has 1 fully saturated rings. The van der Waals surface area contributed by atoms with E-state index in [-0.39, 0.29) is 11.3 Å². The highest BCUT2D eigenvalue weighted by Gasteiger charge is 2.36. The van der Waals surface area contributed by atoms with E-state index in [2.05, 4.69) is 24.1 Å². The largest absolute Gasteiger partial charge is 0.326 e. The quantitative estimate of drug-likeness (QED) is 0.799. The molecule has 0 aliphatic heterocycles. The van der Waals surface area contributed by atoms with Gasteiger partial charge in [0, 0.05) is 16.7 Å². The van der Waals surface area contributed by atoms with Crippen LogP contribution >= 0.6 is 0 Å². The smallest absolute Gasteiger partial charge is 0.230 e. The van der Waals surface area contributed by atoms with E-state index in [4.69, 9.17) is 5.73 Å². The van der Waals surface area contributed by atoms with Crippen LogP contribution in [0.25, 0.3) is 0 Å². The summed E-state index contributed by atoms with van der Waals surface area (Å²) in [5.74, 6) is 5.90. The van der Waals surface area contributed by atoms with Crippen molar-refractivity contribution < 1.29 is 4.79 Å². The van der Waals surface area contributed by atoms with Crippen molar-refractivity contribution >= 4 is 11.6 Å². The van der Waals surface area contributed by atoms with Crippen molar-refractivity contribution in [3.63, 3.8) is 0 Å². The Bertz CT molecular complexity index is 502. The van der Waals surface area contributed by atoms with Gasteiger partial charge in [-0.15, -0.1) is 0 Å². The molecule has 0 heterocycles. The van der Waals surface area contributed by atoms with Crippen LogP contribution < -0.4 is 11.1 Å². The van der Waals surface area contributed by atoms with Crippen molar-refractivity contribution in [1.29, 1.82) is 0 Å². The van der Waals surface area contributed by atoms with Crippen molar-refractivity contribution in [2.75, 3.05) is 11.9 Å². The van der Waals surface area contributed by atoms with E-state index < -0.39 is 0 Å². The lowest BCUT2D eigenvalue weighted by molar-refractivity contribution is -0.124. The van der Waals surface area contributed by atoms with Crippen LogP contribution in [-0.2, 0) is 4.79 Å². The first kappa shape index (κ1) is 13.6. The Morgan fingerprint density at radius 1 is 1.32 bits per heavy atom. The second kappa shape index (κ2) is 5.90. The van der Waals surface area contributed by atoms with Crippen molar-refractivity contribution in [3.8, 4) is 11.8 Å². The van der Waals surface area contributed by atoms with Gasteiger partial charge in [0.15, 0.2) is 0 Å². The van der Waals surface area contributed by atoms with Gasteiger partial charge < -0.3 is 11.1 Å². The molecular formula is C16H20N2O. The molecule has 1 aromatic rings. The summed E-state index contributed by atoms with van der Waals surface area (Å²) in [6.07, 6.45) is 4.27. The van der Waals surface area contributed by atoms with Crippen LogP contribution in [0.15, 0.2) is 24.3 Å². The normalized spacial score (nSPS) is 16.5. The van der Waals surface area contributed by atoms with E-state index in [0.717, 1.165) is 36.9 Å². The molecular weight excluding hydrogens is 236 g/mol. The van der Waals surface area contributed by atoms with Crippen LogP contribution in [0.3, 0.4) is 0 Å². The SMILES string of the molecule is CC1(C(=O)Nc2ccc(C#CCN)cc2)CCCC1. The van der Waals surface area contributed by atoms with Crippen molar-refractivity contribution in [2.24, 2.45) is 11.1 Å². The maximum absolute atomic E-state index is 12.2. The van der Waals surface area contributed by atoms with E-state index in [9.17, 15) is 4.79 Å². The van der Waals surface area contributed by atoms with Gasteiger partial charge >= 0.3 is 0 Å². The molecule has 0 bridgehead atoms. The molecule has 0 atom stereocenters. The molecule has 0 spiro atoms. The Morgan fingerprint density at radius 3 is 2.53 bits per heavy atom. The lowest BCUT2D eigenvalue weighted by Crippen LogP contribution is -2.30. The zero-order valence-electron chi connectivity index (χ0n) is 11.3. The van der Waals surface area contributed by atoms with Gasteiger partial charge in [-0.1, -0.05) is 31.6 Å². The molecule has 0 radical (unpaired) electrons. The number of nitrogens with one attached hydrogen (secondary N) is 1. The number of hydrogen-bond acceptors (Lipinski definition) is 2. The van der Waals surface area contributed by atoms with Gasteiger partial charge in [0.05, 0.1) is 6.54 Å². The average molecular weight is 256 g/mol. The van der Waals surface area contributed by atoms with E-state index in [1.807, 2.05) is 24.3 Å². The molecule has 0 aromatic heterocycles. The van der Waals surface area contributed by atoms with Gasteiger partial charge in [-0.3, -0.25) is 4.79 Å². The van der Waals surface area contributed by atoms with Crippen molar-refractivity contribution in [1.82, 2.24) is 0 Å². The monoisotopic (exact) mass is 256 g/mol. The second-order valence-corrected chi connectivity index (χ2v) is 5.31. The Kier molecular flexibility index (Phi) is 4.24. The van der Waals surface area contributed by atoms with Crippen molar-refractivity contribution in [2.45, 2.75) is 32.6 Å². The first-order valence-electron chi connectivity index (χ1n) is 6.74.